The van der Waals surface area contributed by atoms with Gasteiger partial charge in [-0.15, -0.1) is 0 Å². The van der Waals surface area contributed by atoms with Gasteiger partial charge in [-0.25, -0.2) is 8.60 Å². The molecule has 122 valence electrons. The van der Waals surface area contributed by atoms with E-state index < -0.39 is 10.8 Å². The Kier molecular flexibility index (Phi) is 4.76. The molecule has 0 aliphatic carbocycles. The van der Waals surface area contributed by atoms with Crippen molar-refractivity contribution in [2.75, 3.05) is 7.11 Å². The lowest BCUT2D eigenvalue weighted by Gasteiger charge is -2.14. The van der Waals surface area contributed by atoms with Crippen LogP contribution in [-0.4, -0.2) is 11.3 Å². The molecule has 0 bridgehead atoms. The van der Waals surface area contributed by atoms with Gasteiger partial charge >= 0.3 is 0 Å². The van der Waals surface area contributed by atoms with Gasteiger partial charge in [0, 0.05) is 16.0 Å². The van der Waals surface area contributed by atoms with Crippen LogP contribution in [0.25, 0.3) is 11.1 Å². The molecular formula is C20H17FO2S. The number of methoxy groups -OCH3 is 1. The normalized spacial score (nSPS) is 12.0. The van der Waals surface area contributed by atoms with Crippen molar-refractivity contribution in [1.82, 2.24) is 0 Å². The van der Waals surface area contributed by atoms with Crippen LogP contribution < -0.4 is 4.74 Å². The smallest absolute Gasteiger partial charge is 0.131 e. The highest BCUT2D eigenvalue weighted by molar-refractivity contribution is 7.85. The fourth-order valence-corrected chi connectivity index (χ4v) is 3.79. The zero-order valence-corrected chi connectivity index (χ0v) is 14.3. The van der Waals surface area contributed by atoms with Gasteiger partial charge in [-0.05, 0) is 37.3 Å². The van der Waals surface area contributed by atoms with Gasteiger partial charge < -0.3 is 4.74 Å². The topological polar surface area (TPSA) is 26.3 Å². The first-order chi connectivity index (χ1) is 11.6. The van der Waals surface area contributed by atoms with Crippen LogP contribution in [0.1, 0.15) is 5.56 Å². The van der Waals surface area contributed by atoms with Crippen molar-refractivity contribution in [2.45, 2.75) is 16.7 Å². The molecule has 0 amide bonds. The van der Waals surface area contributed by atoms with Crippen molar-refractivity contribution in [3.63, 3.8) is 0 Å². The van der Waals surface area contributed by atoms with E-state index in [9.17, 15) is 8.60 Å². The second-order valence-electron chi connectivity index (χ2n) is 5.40. The van der Waals surface area contributed by atoms with Crippen LogP contribution in [0.2, 0.25) is 0 Å². The molecule has 0 unspecified atom stereocenters. The zero-order valence-electron chi connectivity index (χ0n) is 13.5. The van der Waals surface area contributed by atoms with Gasteiger partial charge in [-0.1, -0.05) is 42.0 Å². The third kappa shape index (κ3) is 3.10. The molecule has 3 rings (SSSR count). The lowest BCUT2D eigenvalue weighted by atomic mass is 10.0. The summed E-state index contributed by atoms with van der Waals surface area (Å²) in [6.07, 6.45) is 0. The van der Waals surface area contributed by atoms with Crippen LogP contribution >= 0.6 is 0 Å². The van der Waals surface area contributed by atoms with Gasteiger partial charge in [0.1, 0.15) is 11.6 Å². The number of rotatable bonds is 4. The zero-order chi connectivity index (χ0) is 17.1. The Bertz CT molecular complexity index is 888. The molecule has 0 saturated carbocycles. The number of hydrogen-bond acceptors (Lipinski definition) is 2. The molecule has 2 nitrogen and oxygen atoms in total. The summed E-state index contributed by atoms with van der Waals surface area (Å²) in [6.45, 7) is 1.98. The molecule has 0 spiro atoms. The molecule has 1 atom stereocenters. The van der Waals surface area contributed by atoms with Gasteiger partial charge in [0.2, 0.25) is 0 Å². The standard InChI is InChI=1S/C20H17FO2S/c1-14-10-12-15(13-11-14)24(22)19-9-5-8-18(23-2)20(19)16-6-3-4-7-17(16)21/h3-13H,1-2H3/t24-/m0/s1. The second kappa shape index (κ2) is 6.97. The fraction of sp³-hybridized carbons (Fsp3) is 0.100. The molecule has 24 heavy (non-hydrogen) atoms. The quantitative estimate of drug-likeness (QED) is 0.670. The molecule has 0 radical (unpaired) electrons. The first-order valence-electron chi connectivity index (χ1n) is 7.52. The Morgan fingerprint density at radius 2 is 1.62 bits per heavy atom. The number of halogens is 1. The summed E-state index contributed by atoms with van der Waals surface area (Å²) < 4.78 is 32.8. The Labute approximate surface area is 143 Å². The second-order valence-corrected chi connectivity index (χ2v) is 6.84. The highest BCUT2D eigenvalue weighted by atomic mass is 32.2. The lowest BCUT2D eigenvalue weighted by molar-refractivity contribution is 0.415. The molecule has 3 aromatic carbocycles. The Hall–Kier alpha value is -2.46. The van der Waals surface area contributed by atoms with E-state index in [2.05, 4.69) is 0 Å². The molecule has 0 N–H and O–H groups in total. The molecule has 3 aromatic rings. The van der Waals surface area contributed by atoms with Crippen LogP contribution in [0.3, 0.4) is 0 Å². The molecule has 0 aliphatic rings. The average Bonchev–Trinajstić information content (AvgIpc) is 2.61. The molecule has 0 heterocycles. The average molecular weight is 340 g/mol. The number of hydrogen-bond donors (Lipinski definition) is 0. The van der Waals surface area contributed by atoms with E-state index in [1.807, 2.05) is 31.2 Å². The highest BCUT2D eigenvalue weighted by Crippen LogP contribution is 2.38. The summed E-state index contributed by atoms with van der Waals surface area (Å²) in [5.74, 6) is 0.127. The van der Waals surface area contributed by atoms with Gasteiger partial charge in [-0.3, -0.25) is 0 Å². The number of ether oxygens (including phenoxy) is 1. The van der Waals surface area contributed by atoms with E-state index in [0.29, 0.717) is 26.7 Å². The van der Waals surface area contributed by atoms with E-state index in [4.69, 9.17) is 4.74 Å². The highest BCUT2D eigenvalue weighted by Gasteiger charge is 2.19. The monoisotopic (exact) mass is 340 g/mol. The van der Waals surface area contributed by atoms with Crippen LogP contribution in [0.15, 0.2) is 76.5 Å². The van der Waals surface area contributed by atoms with Gasteiger partial charge in [0.15, 0.2) is 0 Å². The van der Waals surface area contributed by atoms with Gasteiger partial charge in [0.05, 0.1) is 22.8 Å². The summed E-state index contributed by atoms with van der Waals surface area (Å²) in [4.78, 5) is 1.20. The summed E-state index contributed by atoms with van der Waals surface area (Å²) in [6, 6.07) is 19.2. The minimum atomic E-state index is -1.43. The number of benzene rings is 3. The van der Waals surface area contributed by atoms with E-state index in [0.717, 1.165) is 5.56 Å². The van der Waals surface area contributed by atoms with Crippen LogP contribution in [0.4, 0.5) is 4.39 Å². The van der Waals surface area contributed by atoms with E-state index in [1.165, 1.54) is 13.2 Å². The van der Waals surface area contributed by atoms with Crippen molar-refractivity contribution >= 4 is 10.8 Å². The predicted octanol–water partition coefficient (Wildman–Crippen LogP) is 4.98. The first kappa shape index (κ1) is 16.4. The summed E-state index contributed by atoms with van der Waals surface area (Å²) >= 11 is 0. The fourth-order valence-electron chi connectivity index (χ4n) is 2.55. The van der Waals surface area contributed by atoms with Crippen molar-refractivity contribution in [3.05, 3.63) is 78.1 Å². The van der Waals surface area contributed by atoms with Crippen LogP contribution in [0, 0.1) is 12.7 Å². The van der Waals surface area contributed by atoms with E-state index in [-0.39, 0.29) is 5.82 Å². The largest absolute Gasteiger partial charge is 0.496 e. The van der Waals surface area contributed by atoms with Crippen LogP contribution in [-0.2, 0) is 10.8 Å². The van der Waals surface area contributed by atoms with Crippen molar-refractivity contribution in [1.29, 1.82) is 0 Å². The Morgan fingerprint density at radius 3 is 2.29 bits per heavy atom. The predicted molar refractivity (Wildman–Crippen MR) is 94.2 cm³/mol. The first-order valence-corrected chi connectivity index (χ1v) is 8.67. The Balaban J connectivity index is 2.20. The summed E-state index contributed by atoms with van der Waals surface area (Å²) in [7, 11) is 0.0921. The minimum Gasteiger partial charge on any atom is -0.496 e. The van der Waals surface area contributed by atoms with Gasteiger partial charge in [0.25, 0.3) is 0 Å². The number of aryl methyl sites for hydroxylation is 1. The molecule has 0 aliphatic heterocycles. The van der Waals surface area contributed by atoms with E-state index in [1.54, 1.807) is 36.4 Å². The maximum atomic E-state index is 14.3. The third-order valence-corrected chi connectivity index (χ3v) is 5.23. The molecule has 0 aromatic heterocycles. The maximum Gasteiger partial charge on any atom is 0.131 e. The van der Waals surface area contributed by atoms with Gasteiger partial charge in [-0.2, -0.15) is 0 Å². The summed E-state index contributed by atoms with van der Waals surface area (Å²) in [5, 5.41) is 0. The molecular weight excluding hydrogens is 323 g/mol. The molecule has 4 heteroatoms. The van der Waals surface area contributed by atoms with Crippen molar-refractivity contribution < 1.29 is 13.3 Å². The molecule has 0 saturated heterocycles. The third-order valence-electron chi connectivity index (χ3n) is 3.79. The Morgan fingerprint density at radius 1 is 0.917 bits per heavy atom. The maximum absolute atomic E-state index is 14.3. The lowest BCUT2D eigenvalue weighted by Crippen LogP contribution is -2.00. The molecule has 0 fully saturated rings. The van der Waals surface area contributed by atoms with E-state index >= 15 is 0 Å². The minimum absolute atomic E-state index is 0.371. The SMILES string of the molecule is COc1cccc([S@@](=O)c2ccc(C)cc2)c1-c1ccccc1F. The van der Waals surface area contributed by atoms with Crippen molar-refractivity contribution in [3.8, 4) is 16.9 Å². The van der Waals surface area contributed by atoms with Crippen LogP contribution in [0.5, 0.6) is 5.75 Å². The van der Waals surface area contributed by atoms with Crippen molar-refractivity contribution in [2.24, 2.45) is 0 Å². The summed E-state index contributed by atoms with van der Waals surface area (Å²) in [5.41, 5.74) is 2.00.